The first kappa shape index (κ1) is 15.9. The minimum atomic E-state index is -0.839. The first-order valence-corrected chi connectivity index (χ1v) is 7.73. The fourth-order valence-corrected chi connectivity index (χ4v) is 2.93. The summed E-state index contributed by atoms with van der Waals surface area (Å²) < 4.78 is 0. The summed E-state index contributed by atoms with van der Waals surface area (Å²) in [5, 5.41) is 9.51. The van der Waals surface area contributed by atoms with E-state index in [9.17, 15) is 9.90 Å². The second kappa shape index (κ2) is 7.43. The Bertz CT molecular complexity index is 432. The second-order valence-electron chi connectivity index (χ2n) is 4.82. The number of thioether (sulfide) groups is 1. The van der Waals surface area contributed by atoms with E-state index < -0.39 is 5.97 Å². The first-order chi connectivity index (χ1) is 9.01. The van der Waals surface area contributed by atoms with Crippen LogP contribution < -0.4 is 4.90 Å². The van der Waals surface area contributed by atoms with Crippen molar-refractivity contribution in [2.24, 2.45) is 5.92 Å². The SMILES string of the molecule is CCSc1cccc(N(CC)CC(C)C)c1C(=O)O. The van der Waals surface area contributed by atoms with Crippen LogP contribution in [0, 0.1) is 5.92 Å². The molecule has 0 heterocycles. The predicted octanol–water partition coefficient (Wildman–Crippen LogP) is 3.98. The molecule has 0 atom stereocenters. The molecule has 3 nitrogen and oxygen atoms in total. The number of hydrogen-bond donors (Lipinski definition) is 1. The third-order valence-corrected chi connectivity index (χ3v) is 3.77. The molecule has 0 radical (unpaired) electrons. The number of hydrogen-bond acceptors (Lipinski definition) is 3. The number of carbonyl (C=O) groups is 1. The summed E-state index contributed by atoms with van der Waals surface area (Å²) in [5.74, 6) is 0.540. The van der Waals surface area contributed by atoms with E-state index in [4.69, 9.17) is 0 Å². The minimum Gasteiger partial charge on any atom is -0.478 e. The number of rotatable bonds is 7. The van der Waals surface area contributed by atoms with Crippen LogP contribution in [-0.4, -0.2) is 29.9 Å². The zero-order chi connectivity index (χ0) is 14.4. The van der Waals surface area contributed by atoms with Crippen LogP contribution in [0.4, 0.5) is 5.69 Å². The smallest absolute Gasteiger partial charge is 0.338 e. The summed E-state index contributed by atoms with van der Waals surface area (Å²) in [7, 11) is 0. The summed E-state index contributed by atoms with van der Waals surface area (Å²) in [5.41, 5.74) is 1.28. The molecule has 1 N–H and O–H groups in total. The third-order valence-electron chi connectivity index (χ3n) is 2.83. The topological polar surface area (TPSA) is 40.5 Å². The van der Waals surface area contributed by atoms with Gasteiger partial charge in [-0.2, -0.15) is 0 Å². The molecule has 0 saturated carbocycles. The fraction of sp³-hybridized carbons (Fsp3) is 0.533. The van der Waals surface area contributed by atoms with Gasteiger partial charge in [-0.05, 0) is 30.7 Å². The van der Waals surface area contributed by atoms with Crippen molar-refractivity contribution in [3.05, 3.63) is 23.8 Å². The maximum atomic E-state index is 11.6. The molecule has 0 spiro atoms. The van der Waals surface area contributed by atoms with Gasteiger partial charge in [0.25, 0.3) is 0 Å². The normalized spacial score (nSPS) is 10.8. The lowest BCUT2D eigenvalue weighted by atomic mass is 10.1. The quantitative estimate of drug-likeness (QED) is 0.767. The van der Waals surface area contributed by atoms with Gasteiger partial charge in [-0.15, -0.1) is 11.8 Å². The van der Waals surface area contributed by atoms with Crippen LogP contribution in [0.5, 0.6) is 0 Å². The number of aromatic carboxylic acids is 1. The van der Waals surface area contributed by atoms with Crippen molar-refractivity contribution >= 4 is 23.4 Å². The Morgan fingerprint density at radius 1 is 1.37 bits per heavy atom. The molecule has 0 bridgehead atoms. The average Bonchev–Trinajstić information content (AvgIpc) is 2.35. The molecule has 0 fully saturated rings. The van der Waals surface area contributed by atoms with Gasteiger partial charge in [-0.25, -0.2) is 4.79 Å². The molecule has 0 unspecified atom stereocenters. The van der Waals surface area contributed by atoms with Crippen molar-refractivity contribution < 1.29 is 9.90 Å². The lowest BCUT2D eigenvalue weighted by Gasteiger charge is -2.27. The van der Waals surface area contributed by atoms with Gasteiger partial charge < -0.3 is 10.0 Å². The van der Waals surface area contributed by atoms with Crippen LogP contribution >= 0.6 is 11.8 Å². The molecule has 0 saturated heterocycles. The van der Waals surface area contributed by atoms with E-state index in [0.717, 1.165) is 29.4 Å². The largest absolute Gasteiger partial charge is 0.478 e. The van der Waals surface area contributed by atoms with Crippen LogP contribution in [0.3, 0.4) is 0 Å². The van der Waals surface area contributed by atoms with E-state index in [2.05, 4.69) is 25.7 Å². The fourth-order valence-electron chi connectivity index (χ4n) is 2.11. The van der Waals surface area contributed by atoms with Gasteiger partial charge in [0.2, 0.25) is 0 Å². The van der Waals surface area contributed by atoms with Gasteiger partial charge in [0, 0.05) is 18.0 Å². The van der Waals surface area contributed by atoms with Crippen LogP contribution in [0.2, 0.25) is 0 Å². The maximum absolute atomic E-state index is 11.6. The molecule has 106 valence electrons. The van der Waals surface area contributed by atoms with Crippen molar-refractivity contribution in [2.75, 3.05) is 23.7 Å². The molecule has 0 aliphatic heterocycles. The van der Waals surface area contributed by atoms with Gasteiger partial charge in [0.05, 0.1) is 11.3 Å². The highest BCUT2D eigenvalue weighted by molar-refractivity contribution is 7.99. The van der Waals surface area contributed by atoms with Crippen molar-refractivity contribution in [3.8, 4) is 0 Å². The third kappa shape index (κ3) is 4.16. The van der Waals surface area contributed by atoms with Crippen LogP contribution in [-0.2, 0) is 0 Å². The highest BCUT2D eigenvalue weighted by Crippen LogP contribution is 2.31. The number of nitrogens with zero attached hydrogens (tertiary/aromatic N) is 1. The van der Waals surface area contributed by atoms with Crippen LogP contribution in [0.15, 0.2) is 23.1 Å². The molecule has 0 aliphatic carbocycles. The minimum absolute atomic E-state index is 0.442. The lowest BCUT2D eigenvalue weighted by molar-refractivity contribution is 0.0694. The number of anilines is 1. The number of carboxylic acid groups (broad SMARTS) is 1. The summed E-state index contributed by atoms with van der Waals surface area (Å²) in [6.45, 7) is 10.1. The van der Waals surface area contributed by atoms with Gasteiger partial charge in [-0.3, -0.25) is 0 Å². The zero-order valence-corrected chi connectivity index (χ0v) is 13.0. The molecular formula is C15H23NO2S. The van der Waals surface area contributed by atoms with Crippen molar-refractivity contribution in [1.82, 2.24) is 0 Å². The van der Waals surface area contributed by atoms with Crippen LogP contribution in [0.25, 0.3) is 0 Å². The van der Waals surface area contributed by atoms with Gasteiger partial charge in [-0.1, -0.05) is 26.8 Å². The second-order valence-corrected chi connectivity index (χ2v) is 6.13. The van der Waals surface area contributed by atoms with E-state index in [0.29, 0.717) is 11.5 Å². The number of benzene rings is 1. The summed E-state index contributed by atoms with van der Waals surface area (Å²) in [6.07, 6.45) is 0. The zero-order valence-electron chi connectivity index (χ0n) is 12.1. The van der Waals surface area contributed by atoms with Crippen LogP contribution in [0.1, 0.15) is 38.1 Å². The van der Waals surface area contributed by atoms with Crippen molar-refractivity contribution in [2.45, 2.75) is 32.6 Å². The highest BCUT2D eigenvalue weighted by Gasteiger charge is 2.19. The molecule has 0 amide bonds. The molecule has 1 aromatic rings. The predicted molar refractivity (Wildman–Crippen MR) is 82.5 cm³/mol. The average molecular weight is 281 g/mol. The Morgan fingerprint density at radius 2 is 2.05 bits per heavy atom. The summed E-state index contributed by atoms with van der Waals surface area (Å²) >= 11 is 1.58. The molecular weight excluding hydrogens is 258 g/mol. The first-order valence-electron chi connectivity index (χ1n) is 6.75. The van der Waals surface area contributed by atoms with E-state index >= 15 is 0 Å². The maximum Gasteiger partial charge on any atom is 0.338 e. The van der Waals surface area contributed by atoms with E-state index in [1.54, 1.807) is 11.8 Å². The molecule has 0 aromatic heterocycles. The van der Waals surface area contributed by atoms with Gasteiger partial charge in [0.1, 0.15) is 0 Å². The lowest BCUT2D eigenvalue weighted by Crippen LogP contribution is -2.29. The Labute approximate surface area is 120 Å². The van der Waals surface area contributed by atoms with Gasteiger partial charge in [0.15, 0.2) is 0 Å². The Morgan fingerprint density at radius 3 is 2.53 bits per heavy atom. The summed E-state index contributed by atoms with van der Waals surface area (Å²) in [6, 6.07) is 5.75. The molecule has 1 aromatic carbocycles. The Hall–Kier alpha value is -1.16. The van der Waals surface area contributed by atoms with E-state index in [1.807, 2.05) is 25.1 Å². The Kier molecular flexibility index (Phi) is 6.22. The summed E-state index contributed by atoms with van der Waals surface area (Å²) in [4.78, 5) is 14.6. The number of carboxylic acids is 1. The molecule has 1 rings (SSSR count). The molecule has 4 heteroatoms. The molecule has 19 heavy (non-hydrogen) atoms. The molecule has 0 aliphatic rings. The van der Waals surface area contributed by atoms with Gasteiger partial charge >= 0.3 is 5.97 Å². The van der Waals surface area contributed by atoms with E-state index in [1.165, 1.54) is 0 Å². The van der Waals surface area contributed by atoms with Crippen molar-refractivity contribution in [1.29, 1.82) is 0 Å². The van der Waals surface area contributed by atoms with E-state index in [-0.39, 0.29) is 0 Å². The Balaban J connectivity index is 3.24. The van der Waals surface area contributed by atoms with Crippen molar-refractivity contribution in [3.63, 3.8) is 0 Å². The standard InChI is InChI=1S/C15H23NO2S/c1-5-16(10-11(3)4)12-8-7-9-13(19-6-2)14(12)15(17)18/h7-9,11H,5-6,10H2,1-4H3,(H,17,18). The monoisotopic (exact) mass is 281 g/mol. The highest BCUT2D eigenvalue weighted by atomic mass is 32.2.